The van der Waals surface area contributed by atoms with Crippen LogP contribution in [0.3, 0.4) is 0 Å². The number of aromatic nitrogens is 2. The van der Waals surface area contributed by atoms with E-state index in [1.165, 1.54) is 12.8 Å². The van der Waals surface area contributed by atoms with Gasteiger partial charge in [-0.15, -0.1) is 24.0 Å². The fourth-order valence-corrected chi connectivity index (χ4v) is 3.36. The average molecular weight is 470 g/mol. The summed E-state index contributed by atoms with van der Waals surface area (Å²) in [6.45, 7) is 7.69. The van der Waals surface area contributed by atoms with Gasteiger partial charge >= 0.3 is 0 Å². The van der Waals surface area contributed by atoms with E-state index in [1.807, 2.05) is 31.4 Å². The van der Waals surface area contributed by atoms with E-state index in [2.05, 4.69) is 50.0 Å². The van der Waals surface area contributed by atoms with E-state index in [-0.39, 0.29) is 24.0 Å². The van der Waals surface area contributed by atoms with Crippen LogP contribution >= 0.6 is 24.0 Å². The highest BCUT2D eigenvalue weighted by molar-refractivity contribution is 14.0. The Bertz CT molecular complexity index is 670. The van der Waals surface area contributed by atoms with Gasteiger partial charge in [0.2, 0.25) is 0 Å². The van der Waals surface area contributed by atoms with Gasteiger partial charge in [-0.2, -0.15) is 0 Å². The first-order valence-electron chi connectivity index (χ1n) is 9.29. The monoisotopic (exact) mass is 470 g/mol. The number of imidazole rings is 1. The second-order valence-corrected chi connectivity index (χ2v) is 7.00. The highest BCUT2D eigenvalue weighted by Crippen LogP contribution is 2.12. The molecule has 6 nitrogen and oxygen atoms in total. The number of rotatable bonds is 5. The Morgan fingerprint density at radius 2 is 2.08 bits per heavy atom. The summed E-state index contributed by atoms with van der Waals surface area (Å²) >= 11 is 0. The minimum absolute atomic E-state index is 0. The molecule has 0 atom stereocenters. The predicted octanol–water partition coefficient (Wildman–Crippen LogP) is 2.53. The highest BCUT2D eigenvalue weighted by Gasteiger charge is 2.21. The van der Waals surface area contributed by atoms with Crippen molar-refractivity contribution in [3.8, 4) is 0 Å². The molecule has 0 radical (unpaired) electrons. The third-order valence-electron chi connectivity index (χ3n) is 4.91. The molecular weight excluding hydrogens is 439 g/mol. The van der Waals surface area contributed by atoms with Crippen molar-refractivity contribution in [2.24, 2.45) is 4.99 Å². The molecule has 0 spiro atoms. The quantitative estimate of drug-likeness (QED) is 0.401. The Morgan fingerprint density at radius 1 is 1.31 bits per heavy atom. The lowest BCUT2D eigenvalue weighted by molar-refractivity contribution is 0.167. The fraction of sp³-hybridized carbons (Fsp3) is 0.579. The van der Waals surface area contributed by atoms with Gasteiger partial charge in [-0.3, -0.25) is 4.99 Å². The second-order valence-electron chi connectivity index (χ2n) is 7.00. The molecule has 0 saturated carbocycles. The third kappa shape index (κ3) is 5.57. The lowest BCUT2D eigenvalue weighted by Gasteiger charge is -2.35. The van der Waals surface area contributed by atoms with Crippen molar-refractivity contribution >= 4 is 35.6 Å². The molecule has 0 aromatic carbocycles. The molecule has 3 heterocycles. The summed E-state index contributed by atoms with van der Waals surface area (Å²) in [5, 5.41) is 6.98. The normalized spacial score (nSPS) is 16.7. The van der Waals surface area contributed by atoms with Crippen LogP contribution in [0.15, 0.2) is 35.6 Å². The number of guanidine groups is 1. The minimum atomic E-state index is 0. The van der Waals surface area contributed by atoms with Crippen molar-refractivity contribution in [3.05, 3.63) is 36.3 Å². The molecule has 0 amide bonds. The molecule has 1 saturated heterocycles. The van der Waals surface area contributed by atoms with Crippen LogP contribution < -0.4 is 10.6 Å². The molecule has 1 fully saturated rings. The van der Waals surface area contributed by atoms with Gasteiger partial charge in [0.25, 0.3) is 0 Å². The number of pyridine rings is 1. The number of hydrogen-bond acceptors (Lipinski definition) is 3. The largest absolute Gasteiger partial charge is 0.356 e. The van der Waals surface area contributed by atoms with Crippen molar-refractivity contribution < 1.29 is 0 Å². The number of fused-ring (bicyclic) bond motifs is 1. The Labute approximate surface area is 173 Å². The van der Waals surface area contributed by atoms with Crippen molar-refractivity contribution in [1.82, 2.24) is 24.9 Å². The number of nitrogens with one attached hydrogen (secondary N) is 2. The van der Waals surface area contributed by atoms with E-state index in [0.717, 1.165) is 43.4 Å². The fourth-order valence-electron chi connectivity index (χ4n) is 3.36. The first-order valence-corrected chi connectivity index (χ1v) is 9.29. The second kappa shape index (κ2) is 10.1. The molecule has 2 aromatic rings. The van der Waals surface area contributed by atoms with Gasteiger partial charge in [-0.1, -0.05) is 6.07 Å². The van der Waals surface area contributed by atoms with Crippen LogP contribution in [0.4, 0.5) is 0 Å². The molecule has 0 unspecified atom stereocenters. The SMILES string of the molecule is CN=C(NCCc1cn2ccccc2n1)NC1CCN(C(C)C)CC1.I. The summed E-state index contributed by atoms with van der Waals surface area (Å²) in [5.41, 5.74) is 2.09. The summed E-state index contributed by atoms with van der Waals surface area (Å²) in [6, 6.07) is 7.22. The van der Waals surface area contributed by atoms with Gasteiger partial charge in [0, 0.05) is 57.6 Å². The zero-order valence-electron chi connectivity index (χ0n) is 16.0. The number of aliphatic imine (C=N–C) groups is 1. The standard InChI is InChI=1S/C19H30N6.HI/c1-15(2)24-12-8-16(9-13-24)23-19(20-3)21-10-7-17-14-25-11-5-4-6-18(25)22-17;/h4-6,11,14-16H,7-10,12-13H2,1-3H3,(H2,20,21,23);1H. The molecule has 1 aliphatic rings. The van der Waals surface area contributed by atoms with Crippen LogP contribution in [0, 0.1) is 0 Å². The first kappa shape index (κ1) is 21.0. The molecule has 144 valence electrons. The Kier molecular flexibility index (Phi) is 8.15. The number of hydrogen-bond donors (Lipinski definition) is 2. The maximum atomic E-state index is 4.63. The van der Waals surface area contributed by atoms with E-state index >= 15 is 0 Å². The first-order chi connectivity index (χ1) is 12.2. The van der Waals surface area contributed by atoms with Gasteiger partial charge in [0.05, 0.1) is 5.69 Å². The smallest absolute Gasteiger partial charge is 0.191 e. The minimum Gasteiger partial charge on any atom is -0.356 e. The van der Waals surface area contributed by atoms with Gasteiger partial charge < -0.3 is 19.9 Å². The molecule has 0 bridgehead atoms. The Morgan fingerprint density at radius 3 is 2.73 bits per heavy atom. The molecular formula is C19H31IN6. The van der Waals surface area contributed by atoms with Gasteiger partial charge in [-0.05, 0) is 38.8 Å². The van der Waals surface area contributed by atoms with E-state index in [9.17, 15) is 0 Å². The summed E-state index contributed by atoms with van der Waals surface area (Å²) in [5.74, 6) is 0.895. The molecule has 2 aromatic heterocycles. The zero-order valence-corrected chi connectivity index (χ0v) is 18.3. The summed E-state index contributed by atoms with van der Waals surface area (Å²) in [4.78, 5) is 11.5. The molecule has 3 rings (SSSR count). The van der Waals surface area contributed by atoms with E-state index in [4.69, 9.17) is 0 Å². The third-order valence-corrected chi connectivity index (χ3v) is 4.91. The van der Waals surface area contributed by atoms with Crippen LogP contribution in [0.25, 0.3) is 5.65 Å². The number of likely N-dealkylation sites (tertiary alicyclic amines) is 1. The number of nitrogens with zero attached hydrogens (tertiary/aromatic N) is 4. The van der Waals surface area contributed by atoms with E-state index in [0.29, 0.717) is 12.1 Å². The Balaban J connectivity index is 0.00000243. The molecule has 26 heavy (non-hydrogen) atoms. The van der Waals surface area contributed by atoms with Crippen LogP contribution in [0.5, 0.6) is 0 Å². The van der Waals surface area contributed by atoms with Crippen molar-refractivity contribution in [2.45, 2.75) is 45.2 Å². The Hall–Kier alpha value is -1.35. The number of piperidine rings is 1. The average Bonchev–Trinajstić information content (AvgIpc) is 3.04. The predicted molar refractivity (Wildman–Crippen MR) is 119 cm³/mol. The lowest BCUT2D eigenvalue weighted by Crippen LogP contribution is -2.50. The topological polar surface area (TPSA) is 57.0 Å². The summed E-state index contributed by atoms with van der Waals surface area (Å²) < 4.78 is 2.06. The lowest BCUT2D eigenvalue weighted by atomic mass is 10.0. The van der Waals surface area contributed by atoms with Crippen LogP contribution in [-0.2, 0) is 6.42 Å². The van der Waals surface area contributed by atoms with E-state index < -0.39 is 0 Å². The van der Waals surface area contributed by atoms with Crippen molar-refractivity contribution in [1.29, 1.82) is 0 Å². The van der Waals surface area contributed by atoms with Crippen LogP contribution in [0.1, 0.15) is 32.4 Å². The molecule has 2 N–H and O–H groups in total. The van der Waals surface area contributed by atoms with Gasteiger partial charge in [-0.25, -0.2) is 4.98 Å². The van der Waals surface area contributed by atoms with Gasteiger partial charge in [0.1, 0.15) is 5.65 Å². The van der Waals surface area contributed by atoms with Crippen LogP contribution in [-0.4, -0.2) is 59.0 Å². The maximum absolute atomic E-state index is 4.63. The highest BCUT2D eigenvalue weighted by atomic mass is 127. The molecule has 7 heteroatoms. The van der Waals surface area contributed by atoms with E-state index in [1.54, 1.807) is 0 Å². The molecule has 1 aliphatic heterocycles. The summed E-state index contributed by atoms with van der Waals surface area (Å²) in [6.07, 6.45) is 7.35. The van der Waals surface area contributed by atoms with Crippen molar-refractivity contribution in [3.63, 3.8) is 0 Å². The molecule has 0 aliphatic carbocycles. The number of halogens is 1. The maximum Gasteiger partial charge on any atom is 0.191 e. The van der Waals surface area contributed by atoms with Gasteiger partial charge in [0.15, 0.2) is 5.96 Å². The van der Waals surface area contributed by atoms with Crippen molar-refractivity contribution in [2.75, 3.05) is 26.7 Å². The summed E-state index contributed by atoms with van der Waals surface area (Å²) in [7, 11) is 1.84. The zero-order chi connectivity index (χ0) is 17.6. The van der Waals surface area contributed by atoms with Crippen LogP contribution in [0.2, 0.25) is 0 Å².